The second-order valence-electron chi connectivity index (χ2n) is 5.24. The van der Waals surface area contributed by atoms with Gasteiger partial charge in [-0.2, -0.15) is 0 Å². The van der Waals surface area contributed by atoms with Gasteiger partial charge in [0.2, 0.25) is 0 Å². The van der Waals surface area contributed by atoms with E-state index in [1.54, 1.807) is 0 Å². The van der Waals surface area contributed by atoms with Gasteiger partial charge in [-0.05, 0) is 37.0 Å². The molecule has 4 nitrogen and oxygen atoms in total. The van der Waals surface area contributed by atoms with Gasteiger partial charge in [-0.3, -0.25) is 9.98 Å². The van der Waals surface area contributed by atoms with Gasteiger partial charge in [0.25, 0.3) is 0 Å². The fourth-order valence-corrected chi connectivity index (χ4v) is 3.55. The number of pyridine rings is 1. The Bertz CT molecular complexity index is 446. The van der Waals surface area contributed by atoms with Crippen molar-refractivity contribution in [1.82, 2.24) is 9.88 Å². The minimum atomic E-state index is 0.363. The second-order valence-corrected chi connectivity index (χ2v) is 6.30. The van der Waals surface area contributed by atoms with E-state index >= 15 is 0 Å². The fraction of sp³-hybridized carbons (Fsp3) is 0.600. The van der Waals surface area contributed by atoms with Gasteiger partial charge < -0.3 is 9.64 Å². The van der Waals surface area contributed by atoms with Crippen LogP contribution in [0, 0.1) is 0 Å². The molecule has 0 saturated carbocycles. The maximum Gasteiger partial charge on any atom is 0.159 e. The van der Waals surface area contributed by atoms with Crippen LogP contribution in [0.2, 0.25) is 0 Å². The average Bonchev–Trinajstić information content (AvgIpc) is 3.02. The third-order valence-electron chi connectivity index (χ3n) is 3.62. The first kappa shape index (κ1) is 13.9. The minimum absolute atomic E-state index is 0.363. The highest BCUT2D eigenvalue weighted by atomic mass is 32.2. The van der Waals surface area contributed by atoms with Crippen molar-refractivity contribution in [1.29, 1.82) is 0 Å². The molecule has 1 aromatic heterocycles. The van der Waals surface area contributed by atoms with E-state index in [2.05, 4.69) is 22.0 Å². The van der Waals surface area contributed by atoms with Crippen molar-refractivity contribution in [3.05, 3.63) is 30.1 Å². The molecular formula is C15H21N3OS. The molecule has 108 valence electrons. The summed E-state index contributed by atoms with van der Waals surface area (Å²) in [6.45, 7) is 3.72. The molecule has 0 N–H and O–H groups in total. The second kappa shape index (κ2) is 7.09. The Morgan fingerprint density at radius 1 is 1.30 bits per heavy atom. The Labute approximate surface area is 124 Å². The molecule has 2 aliphatic heterocycles. The first-order chi connectivity index (χ1) is 9.92. The molecule has 5 heteroatoms. The highest BCUT2D eigenvalue weighted by molar-refractivity contribution is 8.13. The van der Waals surface area contributed by atoms with Gasteiger partial charge in [-0.15, -0.1) is 0 Å². The van der Waals surface area contributed by atoms with Gasteiger partial charge >= 0.3 is 0 Å². The summed E-state index contributed by atoms with van der Waals surface area (Å²) in [5.74, 6) is 1.18. The molecule has 1 saturated heterocycles. The van der Waals surface area contributed by atoms with Crippen LogP contribution in [-0.2, 0) is 11.3 Å². The van der Waals surface area contributed by atoms with Gasteiger partial charge in [0, 0.05) is 44.4 Å². The van der Waals surface area contributed by atoms with Crippen LogP contribution in [0.4, 0.5) is 0 Å². The molecule has 1 atom stereocenters. The van der Waals surface area contributed by atoms with Gasteiger partial charge in [-0.1, -0.05) is 11.8 Å². The average molecular weight is 291 g/mol. The summed E-state index contributed by atoms with van der Waals surface area (Å²) in [5, 5.41) is 1.18. The molecule has 1 unspecified atom stereocenters. The molecule has 0 spiro atoms. The van der Waals surface area contributed by atoms with Gasteiger partial charge in [0.1, 0.15) is 0 Å². The van der Waals surface area contributed by atoms with Crippen LogP contribution in [0.1, 0.15) is 24.8 Å². The Morgan fingerprint density at radius 3 is 2.90 bits per heavy atom. The molecule has 0 aliphatic carbocycles. The Balaban J connectivity index is 1.70. The quantitative estimate of drug-likeness (QED) is 0.854. The normalized spacial score (nSPS) is 22.6. The van der Waals surface area contributed by atoms with Crippen molar-refractivity contribution >= 4 is 16.9 Å². The Hall–Kier alpha value is -1.07. The van der Waals surface area contributed by atoms with Crippen LogP contribution in [0.5, 0.6) is 0 Å². The van der Waals surface area contributed by atoms with Crippen LogP contribution < -0.4 is 0 Å². The number of ether oxygens (including phenoxy) is 1. The van der Waals surface area contributed by atoms with Gasteiger partial charge in [0.05, 0.1) is 6.10 Å². The summed E-state index contributed by atoms with van der Waals surface area (Å²) in [6, 6.07) is 4.16. The molecule has 0 aromatic carbocycles. The number of hydrogen-bond acceptors (Lipinski definition) is 5. The number of thioether (sulfide) groups is 1. The largest absolute Gasteiger partial charge is 0.376 e. The molecule has 2 aliphatic rings. The maximum atomic E-state index is 5.79. The molecule has 0 bridgehead atoms. The lowest BCUT2D eigenvalue weighted by Crippen LogP contribution is -2.36. The van der Waals surface area contributed by atoms with E-state index < -0.39 is 0 Å². The third kappa shape index (κ3) is 3.73. The molecular weight excluding hydrogens is 270 g/mol. The predicted octanol–water partition coefficient (Wildman–Crippen LogP) is 2.56. The van der Waals surface area contributed by atoms with Crippen LogP contribution in [0.15, 0.2) is 29.5 Å². The first-order valence-corrected chi connectivity index (χ1v) is 8.33. The zero-order valence-corrected chi connectivity index (χ0v) is 12.5. The lowest BCUT2D eigenvalue weighted by atomic mass is 10.2. The topological polar surface area (TPSA) is 37.7 Å². The zero-order valence-electron chi connectivity index (χ0n) is 11.7. The number of hydrogen-bond donors (Lipinski definition) is 0. The lowest BCUT2D eigenvalue weighted by Gasteiger charge is -2.29. The molecule has 3 heterocycles. The van der Waals surface area contributed by atoms with E-state index in [0.29, 0.717) is 6.10 Å². The van der Waals surface area contributed by atoms with E-state index in [1.807, 2.05) is 24.2 Å². The Kier molecular flexibility index (Phi) is 4.92. The maximum absolute atomic E-state index is 5.79. The minimum Gasteiger partial charge on any atom is -0.376 e. The van der Waals surface area contributed by atoms with Crippen molar-refractivity contribution in [3.8, 4) is 0 Å². The van der Waals surface area contributed by atoms with E-state index in [4.69, 9.17) is 9.73 Å². The van der Waals surface area contributed by atoms with Crippen molar-refractivity contribution in [2.24, 2.45) is 4.99 Å². The van der Waals surface area contributed by atoms with Crippen molar-refractivity contribution < 1.29 is 4.74 Å². The van der Waals surface area contributed by atoms with Crippen molar-refractivity contribution in [2.75, 3.05) is 25.4 Å². The number of amidine groups is 1. The first-order valence-electron chi connectivity index (χ1n) is 7.34. The number of rotatable bonds is 4. The predicted molar refractivity (Wildman–Crippen MR) is 83.0 cm³/mol. The molecule has 20 heavy (non-hydrogen) atoms. The summed E-state index contributed by atoms with van der Waals surface area (Å²) in [6.07, 6.45) is 7.63. The summed E-state index contributed by atoms with van der Waals surface area (Å²) in [7, 11) is 0. The monoisotopic (exact) mass is 291 g/mol. The third-order valence-corrected chi connectivity index (χ3v) is 4.76. The van der Waals surface area contributed by atoms with Crippen LogP contribution in [0.3, 0.4) is 0 Å². The number of aliphatic imine (C=N–C) groups is 1. The van der Waals surface area contributed by atoms with Crippen LogP contribution in [-0.4, -0.2) is 46.6 Å². The van der Waals surface area contributed by atoms with Crippen LogP contribution >= 0.6 is 11.8 Å². The summed E-state index contributed by atoms with van der Waals surface area (Å²) >= 11 is 1.88. The molecule has 0 amide bonds. The van der Waals surface area contributed by atoms with Gasteiger partial charge in [0.15, 0.2) is 5.17 Å². The Morgan fingerprint density at radius 2 is 2.20 bits per heavy atom. The standard InChI is InChI=1S/C15H21N3OS/c1-3-14(19-9-1)12-18(15-17-6-2-10-20-15)11-13-4-7-16-8-5-13/h4-5,7-8,14H,1-3,6,9-12H2. The summed E-state index contributed by atoms with van der Waals surface area (Å²) < 4.78 is 5.79. The fourth-order valence-electron chi connectivity index (χ4n) is 2.59. The summed E-state index contributed by atoms with van der Waals surface area (Å²) in [5.41, 5.74) is 1.28. The summed E-state index contributed by atoms with van der Waals surface area (Å²) in [4.78, 5) is 11.2. The van der Waals surface area contributed by atoms with E-state index in [0.717, 1.165) is 26.2 Å². The highest BCUT2D eigenvalue weighted by Crippen LogP contribution is 2.21. The molecule has 1 fully saturated rings. The van der Waals surface area contributed by atoms with Crippen molar-refractivity contribution in [3.63, 3.8) is 0 Å². The number of nitrogens with zero attached hydrogens (tertiary/aromatic N) is 3. The van der Waals surface area contributed by atoms with E-state index in [1.165, 1.54) is 35.7 Å². The van der Waals surface area contributed by atoms with Crippen molar-refractivity contribution in [2.45, 2.75) is 31.9 Å². The molecule has 3 rings (SSSR count). The molecule has 0 radical (unpaired) electrons. The highest BCUT2D eigenvalue weighted by Gasteiger charge is 2.22. The zero-order chi connectivity index (χ0) is 13.6. The van der Waals surface area contributed by atoms with Gasteiger partial charge in [-0.25, -0.2) is 0 Å². The SMILES string of the molecule is c1cc(CN(CC2CCCO2)C2=NCCCS2)ccn1. The lowest BCUT2D eigenvalue weighted by molar-refractivity contribution is 0.0906. The van der Waals surface area contributed by atoms with E-state index in [-0.39, 0.29) is 0 Å². The number of aromatic nitrogens is 1. The smallest absolute Gasteiger partial charge is 0.159 e. The van der Waals surface area contributed by atoms with E-state index in [9.17, 15) is 0 Å². The van der Waals surface area contributed by atoms with Crippen LogP contribution in [0.25, 0.3) is 0 Å². The molecule has 1 aromatic rings.